The summed E-state index contributed by atoms with van der Waals surface area (Å²) in [6.07, 6.45) is -4.45. The first-order valence-corrected chi connectivity index (χ1v) is 3.52. The van der Waals surface area contributed by atoms with Crippen molar-refractivity contribution in [2.45, 2.75) is 24.1 Å². The molecule has 6 nitrogen and oxygen atoms in total. The van der Waals surface area contributed by atoms with Crippen LogP contribution in [0, 0.1) is 0 Å². The third kappa shape index (κ3) is 1.45. The monoisotopic (exact) mass is 181 g/mol. The van der Waals surface area contributed by atoms with Gasteiger partial charge in [0.05, 0.1) is 13.2 Å². The molecule has 0 aliphatic carbocycles. The third-order valence-corrected chi connectivity index (χ3v) is 1.91. The van der Waals surface area contributed by atoms with E-state index in [-0.39, 0.29) is 6.61 Å². The van der Waals surface area contributed by atoms with E-state index >= 15 is 0 Å². The summed E-state index contributed by atoms with van der Waals surface area (Å²) >= 11 is 0. The Morgan fingerprint density at radius 3 is 2.42 bits per heavy atom. The number of aliphatic hydroxyl groups is 5. The first-order valence-electron chi connectivity index (χ1n) is 3.52. The summed E-state index contributed by atoms with van der Waals surface area (Å²) < 4.78 is 4.56. The van der Waals surface area contributed by atoms with Crippen LogP contribution in [-0.4, -0.2) is 62.8 Å². The van der Waals surface area contributed by atoms with Crippen molar-refractivity contribution < 1.29 is 30.3 Å². The van der Waals surface area contributed by atoms with Gasteiger partial charge in [-0.15, -0.1) is 0 Å². The van der Waals surface area contributed by atoms with Crippen molar-refractivity contribution in [3.8, 4) is 0 Å². The molecule has 0 aromatic rings. The fourth-order valence-electron chi connectivity index (χ4n) is 1.03. The van der Waals surface area contributed by atoms with Gasteiger partial charge in [-0.3, -0.25) is 0 Å². The molecule has 1 rings (SSSR count). The molecule has 0 aromatic heterocycles. The molecule has 0 amide bonds. The topological polar surface area (TPSA) is 110 Å². The lowest BCUT2D eigenvalue weighted by Gasteiger charge is -2.40. The van der Waals surface area contributed by atoms with Crippen LogP contribution in [0.15, 0.2) is 0 Å². The lowest BCUT2D eigenvalue weighted by molar-refractivity contribution is -0.331. The number of hydrogen-bond acceptors (Lipinski definition) is 6. The van der Waals surface area contributed by atoms with E-state index in [2.05, 4.69) is 4.74 Å². The predicted molar refractivity (Wildman–Crippen MR) is 36.0 cm³/mol. The molecule has 1 heterocycles. The molecule has 12 heavy (non-hydrogen) atoms. The van der Waals surface area contributed by atoms with Crippen LogP contribution in [0.1, 0.15) is 0 Å². The zero-order valence-electron chi connectivity index (χ0n) is 6.29. The minimum atomic E-state index is -2.17. The second-order valence-electron chi connectivity index (χ2n) is 2.82. The second kappa shape index (κ2) is 3.25. The second-order valence-corrected chi connectivity index (χ2v) is 2.82. The van der Waals surface area contributed by atoms with Crippen molar-refractivity contribution in [2.24, 2.45) is 0 Å². The maximum atomic E-state index is 9.24. The molecule has 1 saturated heterocycles. The van der Waals surface area contributed by atoms with Crippen LogP contribution >= 0.6 is 0 Å². The Bertz CT molecular complexity index is 162. The zero-order valence-corrected chi connectivity index (χ0v) is 6.29. The Kier molecular flexibility index (Phi) is 2.67. The van der Waals surface area contributed by atoms with Crippen molar-refractivity contribution in [3.05, 3.63) is 0 Å². The van der Waals surface area contributed by atoms with Crippen LogP contribution in [0.3, 0.4) is 0 Å². The summed E-state index contributed by atoms with van der Waals surface area (Å²) in [5.74, 6) is -2.17. The van der Waals surface area contributed by atoms with E-state index in [1.54, 1.807) is 0 Å². The zero-order chi connectivity index (χ0) is 9.35. The van der Waals surface area contributed by atoms with Crippen LogP contribution in [-0.2, 0) is 4.74 Å². The van der Waals surface area contributed by atoms with Crippen LogP contribution in [0.5, 0.6) is 0 Å². The van der Waals surface area contributed by atoms with E-state index in [0.29, 0.717) is 0 Å². The Hall–Kier alpha value is -0.240. The lowest BCUT2D eigenvalue weighted by atomic mass is 10.1. The van der Waals surface area contributed by atoms with E-state index in [4.69, 9.17) is 20.4 Å². The molecular weight excluding hydrogens is 169 g/mol. The number of hydrogen-bond donors (Lipinski definition) is 5. The highest BCUT2D eigenvalue weighted by molar-refractivity contribution is 4.90. The average molecular weight is 181 g/mol. The van der Waals surface area contributed by atoms with Gasteiger partial charge >= 0.3 is 0 Å². The van der Waals surface area contributed by atoms with E-state index < -0.39 is 30.7 Å². The molecule has 6 heteroatoms. The minimum absolute atomic E-state index is 0.324. The quantitative estimate of drug-likeness (QED) is 0.272. The number of aliphatic hydroxyl groups excluding tert-OH is 4. The van der Waals surface area contributed by atoms with E-state index in [1.807, 2.05) is 0 Å². The Morgan fingerprint density at radius 2 is 1.92 bits per heavy atom. The number of rotatable bonds is 1. The molecule has 4 atom stereocenters. The van der Waals surface area contributed by atoms with Crippen molar-refractivity contribution in [1.29, 1.82) is 0 Å². The van der Waals surface area contributed by atoms with Gasteiger partial charge in [0, 0.05) is 0 Å². The summed E-state index contributed by atoms with van der Waals surface area (Å²) in [5, 5.41) is 45.0. The third-order valence-electron chi connectivity index (χ3n) is 1.91. The molecule has 0 saturated carbocycles. The summed E-state index contributed by atoms with van der Waals surface area (Å²) in [6, 6.07) is 0. The molecule has 0 bridgehead atoms. The normalized spacial score (nSPS) is 49.2. The van der Waals surface area contributed by atoms with Gasteiger partial charge in [-0.1, -0.05) is 0 Å². The van der Waals surface area contributed by atoms with Crippen LogP contribution < -0.4 is 0 Å². The van der Waals surface area contributed by atoms with E-state index in [1.165, 1.54) is 0 Å². The van der Waals surface area contributed by atoms with Crippen LogP contribution in [0.4, 0.5) is 0 Å². The van der Waals surface area contributed by atoms with Gasteiger partial charge in [0.15, 0.2) is 0 Å². The molecule has 1 unspecified atom stereocenters. The van der Waals surface area contributed by atoms with E-state index in [9.17, 15) is 5.11 Å². The number of ether oxygens (including phenoxy) is 1. The molecule has 0 aromatic carbocycles. The van der Waals surface area contributed by atoms with Crippen LogP contribution in [0.2, 0.25) is 0 Å². The Balaban J connectivity index is 2.71. The van der Waals surface area contributed by atoms with Crippen LogP contribution in [0.25, 0.3) is 0 Å². The average Bonchev–Trinajstić information content (AvgIpc) is 2.09. The predicted octanol–water partition coefficient (Wildman–Crippen LogP) is -3.22. The van der Waals surface area contributed by atoms with Crippen molar-refractivity contribution in [1.82, 2.24) is 0 Å². The molecule has 1 aliphatic rings. The van der Waals surface area contributed by atoms with Gasteiger partial charge in [0.25, 0.3) is 0 Å². The molecule has 1 aliphatic heterocycles. The van der Waals surface area contributed by atoms with Gasteiger partial charge < -0.3 is 30.3 Å². The fraction of sp³-hybridized carbons (Fsp3) is 1.00. The molecular formula is C6H12O6. The Morgan fingerprint density at radius 1 is 1.33 bits per heavy atom. The smallest absolute Gasteiger partial charge is 0.218 e. The first-order chi connectivity index (χ1) is 5.51. The summed E-state index contributed by atoms with van der Waals surface area (Å²) in [6.45, 7) is -1.16. The minimum Gasteiger partial charge on any atom is -0.391 e. The maximum Gasteiger partial charge on any atom is 0.218 e. The van der Waals surface area contributed by atoms with Gasteiger partial charge in [-0.2, -0.15) is 0 Å². The fourth-order valence-corrected chi connectivity index (χ4v) is 1.03. The van der Waals surface area contributed by atoms with Crippen molar-refractivity contribution >= 4 is 0 Å². The Labute approximate surface area is 68.6 Å². The lowest BCUT2D eigenvalue weighted by Crippen LogP contribution is -2.62. The SMILES string of the molecule is OCC1(O)OC[13C@H](O)[C@@H](O)[C@@H]1O. The standard InChI is InChI=1S/C6H12O6/c7-2-6(11)5(10)4(9)3(8)1-12-6/h3-5,7-11H,1-2H2/t3-,4+,5-,6?/m0/s1/i3+1. The molecule has 0 radical (unpaired) electrons. The van der Waals surface area contributed by atoms with Gasteiger partial charge in [0.2, 0.25) is 5.79 Å². The molecule has 5 N–H and O–H groups in total. The van der Waals surface area contributed by atoms with Gasteiger partial charge in [-0.25, -0.2) is 0 Å². The summed E-state index contributed by atoms with van der Waals surface area (Å²) in [7, 11) is 0. The largest absolute Gasteiger partial charge is 0.391 e. The van der Waals surface area contributed by atoms with Crippen molar-refractivity contribution in [2.75, 3.05) is 13.2 Å². The highest BCUT2D eigenvalue weighted by Gasteiger charge is 2.47. The maximum absolute atomic E-state index is 9.24. The highest BCUT2D eigenvalue weighted by atomic mass is 16.7. The van der Waals surface area contributed by atoms with Gasteiger partial charge in [-0.05, 0) is 0 Å². The summed E-state index contributed by atoms with van der Waals surface area (Å²) in [4.78, 5) is 0. The van der Waals surface area contributed by atoms with Gasteiger partial charge in [0.1, 0.15) is 18.3 Å². The van der Waals surface area contributed by atoms with Crippen molar-refractivity contribution in [3.63, 3.8) is 0 Å². The molecule has 1 fully saturated rings. The molecule has 0 spiro atoms. The highest BCUT2D eigenvalue weighted by Crippen LogP contribution is 2.22. The molecule has 72 valence electrons. The summed E-state index contributed by atoms with van der Waals surface area (Å²) in [5.41, 5.74) is 0. The first kappa shape index (κ1) is 9.85. The van der Waals surface area contributed by atoms with E-state index in [0.717, 1.165) is 0 Å².